The van der Waals surface area contributed by atoms with Gasteiger partial charge in [0.2, 0.25) is 0 Å². The average molecular weight is 291 g/mol. The van der Waals surface area contributed by atoms with Crippen molar-refractivity contribution in [2.45, 2.75) is 26.7 Å². The first kappa shape index (κ1) is 15.3. The maximum absolute atomic E-state index is 12.5. The van der Waals surface area contributed by atoms with E-state index < -0.39 is 4.92 Å². The normalized spacial score (nSPS) is 18.4. The van der Waals surface area contributed by atoms with E-state index in [9.17, 15) is 14.9 Å². The van der Waals surface area contributed by atoms with Gasteiger partial charge in [0.25, 0.3) is 11.6 Å². The molecule has 1 N–H and O–H groups in total. The fraction of sp³-hybridized carbons (Fsp3) is 0.533. The summed E-state index contributed by atoms with van der Waals surface area (Å²) in [5.74, 6) is 0.463. The Morgan fingerprint density at radius 2 is 2.29 bits per heavy atom. The maximum Gasteiger partial charge on any atom is 0.292 e. The predicted octanol–water partition coefficient (Wildman–Crippen LogP) is 2.90. The average Bonchev–Trinajstić information content (AvgIpc) is 2.46. The lowest BCUT2D eigenvalue weighted by Crippen LogP contribution is -2.39. The summed E-state index contributed by atoms with van der Waals surface area (Å²) in [5.41, 5.74) is 0.907. The minimum absolute atomic E-state index is 0.000382. The Kier molecular flexibility index (Phi) is 4.77. The van der Waals surface area contributed by atoms with Crippen molar-refractivity contribution < 1.29 is 9.72 Å². The number of carbonyl (C=O) groups is 1. The molecule has 1 amide bonds. The number of benzene rings is 1. The molecule has 1 heterocycles. The second-order valence-corrected chi connectivity index (χ2v) is 5.52. The van der Waals surface area contributed by atoms with Crippen molar-refractivity contribution in [3.05, 3.63) is 33.9 Å². The molecule has 1 atom stereocenters. The van der Waals surface area contributed by atoms with Gasteiger partial charge in [-0.3, -0.25) is 14.9 Å². The molecule has 1 aliphatic rings. The minimum atomic E-state index is -0.435. The Morgan fingerprint density at radius 3 is 2.90 bits per heavy atom. The molecule has 0 aliphatic carbocycles. The van der Waals surface area contributed by atoms with Crippen LogP contribution in [0.1, 0.15) is 37.0 Å². The summed E-state index contributed by atoms with van der Waals surface area (Å²) in [4.78, 5) is 24.9. The van der Waals surface area contributed by atoms with E-state index in [4.69, 9.17) is 0 Å². The second-order valence-electron chi connectivity index (χ2n) is 5.52. The number of hydrogen-bond donors (Lipinski definition) is 1. The lowest BCUT2D eigenvalue weighted by molar-refractivity contribution is -0.384. The fourth-order valence-electron chi connectivity index (χ4n) is 2.72. The van der Waals surface area contributed by atoms with E-state index in [1.807, 2.05) is 11.8 Å². The summed E-state index contributed by atoms with van der Waals surface area (Å²) < 4.78 is 0. The predicted molar refractivity (Wildman–Crippen MR) is 81.6 cm³/mol. The van der Waals surface area contributed by atoms with Gasteiger partial charge in [-0.1, -0.05) is 6.92 Å². The van der Waals surface area contributed by atoms with Crippen LogP contribution in [0.25, 0.3) is 0 Å². The molecule has 1 saturated heterocycles. The molecule has 0 bridgehead atoms. The quantitative estimate of drug-likeness (QED) is 0.683. The van der Waals surface area contributed by atoms with Gasteiger partial charge in [0.1, 0.15) is 5.69 Å². The Hall–Kier alpha value is -2.11. The lowest BCUT2D eigenvalue weighted by atomic mass is 9.99. The summed E-state index contributed by atoms with van der Waals surface area (Å²) in [7, 11) is 0. The minimum Gasteiger partial charge on any atom is -0.380 e. The van der Waals surface area contributed by atoms with Gasteiger partial charge >= 0.3 is 0 Å². The van der Waals surface area contributed by atoms with Crippen molar-refractivity contribution in [2.24, 2.45) is 5.92 Å². The first-order valence-electron chi connectivity index (χ1n) is 7.34. The van der Waals surface area contributed by atoms with Gasteiger partial charge in [-0.25, -0.2) is 0 Å². The van der Waals surface area contributed by atoms with E-state index in [1.165, 1.54) is 6.07 Å². The van der Waals surface area contributed by atoms with E-state index >= 15 is 0 Å². The SMILES string of the molecule is CCNc1cc(C(=O)N2CCCC(C)C2)ccc1[N+](=O)[O-]. The van der Waals surface area contributed by atoms with Crippen LogP contribution in [0.15, 0.2) is 18.2 Å². The molecular formula is C15H21N3O3. The third-order valence-electron chi connectivity index (χ3n) is 3.75. The Labute approximate surface area is 124 Å². The van der Waals surface area contributed by atoms with Gasteiger partial charge in [-0.15, -0.1) is 0 Å². The zero-order valence-electron chi connectivity index (χ0n) is 12.5. The summed E-state index contributed by atoms with van der Waals surface area (Å²) in [6.07, 6.45) is 2.16. The highest BCUT2D eigenvalue weighted by molar-refractivity contribution is 5.96. The van der Waals surface area contributed by atoms with Crippen LogP contribution in [0.5, 0.6) is 0 Å². The number of nitrogens with one attached hydrogen (secondary N) is 1. The highest BCUT2D eigenvalue weighted by atomic mass is 16.6. The Bertz CT molecular complexity index is 545. The van der Waals surface area contributed by atoms with E-state index in [2.05, 4.69) is 12.2 Å². The largest absolute Gasteiger partial charge is 0.380 e. The van der Waals surface area contributed by atoms with Gasteiger partial charge < -0.3 is 10.2 Å². The lowest BCUT2D eigenvalue weighted by Gasteiger charge is -2.31. The molecule has 0 aromatic heterocycles. The number of nitro benzene ring substituents is 1. The summed E-state index contributed by atoms with van der Waals surface area (Å²) in [6.45, 7) is 6.09. The van der Waals surface area contributed by atoms with Crippen LogP contribution >= 0.6 is 0 Å². The van der Waals surface area contributed by atoms with Crippen LogP contribution in [0.3, 0.4) is 0 Å². The van der Waals surface area contributed by atoms with Gasteiger partial charge in [-0.05, 0) is 37.8 Å². The van der Waals surface area contributed by atoms with Crippen molar-refractivity contribution in [2.75, 3.05) is 25.0 Å². The van der Waals surface area contributed by atoms with Crippen LogP contribution in [0.4, 0.5) is 11.4 Å². The third kappa shape index (κ3) is 3.51. The topological polar surface area (TPSA) is 75.5 Å². The summed E-state index contributed by atoms with van der Waals surface area (Å²) in [6, 6.07) is 4.53. The van der Waals surface area contributed by atoms with Crippen LogP contribution in [-0.4, -0.2) is 35.4 Å². The van der Waals surface area contributed by atoms with Crippen molar-refractivity contribution in [3.63, 3.8) is 0 Å². The molecule has 2 rings (SSSR count). The smallest absolute Gasteiger partial charge is 0.292 e. The van der Waals surface area contributed by atoms with Gasteiger partial charge in [0, 0.05) is 31.3 Å². The highest BCUT2D eigenvalue weighted by Crippen LogP contribution is 2.27. The van der Waals surface area contributed by atoms with Crippen molar-refractivity contribution >= 4 is 17.3 Å². The maximum atomic E-state index is 12.5. The summed E-state index contributed by atoms with van der Waals surface area (Å²) >= 11 is 0. The third-order valence-corrected chi connectivity index (χ3v) is 3.75. The molecule has 21 heavy (non-hydrogen) atoms. The highest BCUT2D eigenvalue weighted by Gasteiger charge is 2.23. The van der Waals surface area contributed by atoms with Gasteiger partial charge in [0.15, 0.2) is 0 Å². The van der Waals surface area contributed by atoms with E-state index in [0.29, 0.717) is 23.7 Å². The first-order valence-corrected chi connectivity index (χ1v) is 7.34. The Balaban J connectivity index is 2.24. The molecule has 1 aromatic carbocycles. The van der Waals surface area contributed by atoms with Gasteiger partial charge in [-0.2, -0.15) is 0 Å². The number of rotatable bonds is 4. The molecule has 1 aliphatic heterocycles. The number of carbonyl (C=O) groups excluding carboxylic acids is 1. The van der Waals surface area contributed by atoms with Crippen molar-refractivity contribution in [3.8, 4) is 0 Å². The van der Waals surface area contributed by atoms with Crippen LogP contribution < -0.4 is 5.32 Å². The number of nitrogens with zero attached hydrogens (tertiary/aromatic N) is 2. The van der Waals surface area contributed by atoms with E-state index in [1.54, 1.807) is 12.1 Å². The van der Waals surface area contributed by atoms with Crippen LogP contribution in [0, 0.1) is 16.0 Å². The van der Waals surface area contributed by atoms with Crippen molar-refractivity contribution in [1.29, 1.82) is 0 Å². The molecule has 114 valence electrons. The van der Waals surface area contributed by atoms with Crippen molar-refractivity contribution in [1.82, 2.24) is 4.90 Å². The van der Waals surface area contributed by atoms with Gasteiger partial charge in [0.05, 0.1) is 4.92 Å². The molecule has 0 radical (unpaired) electrons. The number of likely N-dealkylation sites (tertiary alicyclic amines) is 1. The van der Waals surface area contributed by atoms with Crippen LogP contribution in [-0.2, 0) is 0 Å². The Morgan fingerprint density at radius 1 is 1.52 bits per heavy atom. The van der Waals surface area contributed by atoms with E-state index in [-0.39, 0.29) is 11.6 Å². The molecular weight excluding hydrogens is 270 g/mol. The second kappa shape index (κ2) is 6.56. The molecule has 6 heteroatoms. The number of anilines is 1. The fourth-order valence-corrected chi connectivity index (χ4v) is 2.72. The molecule has 1 unspecified atom stereocenters. The number of nitro groups is 1. The van der Waals surface area contributed by atoms with Crippen LogP contribution in [0.2, 0.25) is 0 Å². The first-order chi connectivity index (χ1) is 10.0. The monoisotopic (exact) mass is 291 g/mol. The molecule has 1 fully saturated rings. The standard InChI is InChI=1S/C15H21N3O3/c1-3-16-13-9-12(6-7-14(13)18(20)21)15(19)17-8-4-5-11(2)10-17/h6-7,9,11,16H,3-5,8,10H2,1-2H3. The zero-order valence-corrected chi connectivity index (χ0v) is 12.5. The number of amides is 1. The molecule has 0 saturated carbocycles. The zero-order chi connectivity index (χ0) is 15.4. The molecule has 6 nitrogen and oxygen atoms in total. The molecule has 0 spiro atoms. The number of piperidine rings is 1. The summed E-state index contributed by atoms with van der Waals surface area (Å²) in [5, 5.41) is 13.9. The van der Waals surface area contributed by atoms with E-state index in [0.717, 1.165) is 25.9 Å². The number of hydrogen-bond acceptors (Lipinski definition) is 4. The molecule has 1 aromatic rings.